The van der Waals surface area contributed by atoms with E-state index in [9.17, 15) is 4.79 Å². The fraction of sp³-hybridized carbons (Fsp3) is 0.111. The minimum Gasteiger partial charge on any atom is -0.360 e. The number of hydrogen-bond acceptors (Lipinski definition) is 4. The van der Waals surface area contributed by atoms with Crippen LogP contribution in [-0.2, 0) is 4.79 Å². The van der Waals surface area contributed by atoms with Gasteiger partial charge < -0.3 is 9.84 Å². The normalized spacial score (nSPS) is 11.9. The van der Waals surface area contributed by atoms with Gasteiger partial charge in [-0.1, -0.05) is 53.7 Å². The monoisotopic (exact) mass is 324 g/mol. The number of nitrogens with zero attached hydrogens (tertiary/aromatic N) is 1. The van der Waals surface area contributed by atoms with E-state index in [1.807, 2.05) is 60.7 Å². The zero-order valence-corrected chi connectivity index (χ0v) is 13.4. The molecule has 0 saturated carbocycles. The molecule has 1 atom stereocenters. The molecular formula is C18H16N2O2S. The third-order valence-corrected chi connectivity index (χ3v) is 4.48. The maximum Gasteiger partial charge on any atom is 0.243 e. The molecule has 1 heterocycles. The average molecular weight is 324 g/mol. The SMILES string of the molecule is Cc1cc(NC(=O)[C@H](Sc2ccccc2)c2ccccc2)no1. The lowest BCUT2D eigenvalue weighted by Crippen LogP contribution is -2.19. The number of amides is 1. The fourth-order valence-corrected chi connectivity index (χ4v) is 3.20. The number of benzene rings is 2. The van der Waals surface area contributed by atoms with Crippen molar-refractivity contribution in [2.75, 3.05) is 5.32 Å². The number of carbonyl (C=O) groups is 1. The van der Waals surface area contributed by atoms with Gasteiger partial charge in [-0.25, -0.2) is 0 Å². The maximum atomic E-state index is 12.7. The molecule has 0 aliphatic heterocycles. The molecule has 1 aromatic heterocycles. The van der Waals surface area contributed by atoms with Gasteiger partial charge in [-0.2, -0.15) is 0 Å². The highest BCUT2D eigenvalue weighted by Gasteiger charge is 2.22. The first-order valence-corrected chi connectivity index (χ1v) is 8.11. The van der Waals surface area contributed by atoms with Crippen molar-refractivity contribution in [3.05, 3.63) is 78.1 Å². The molecule has 0 saturated heterocycles. The third-order valence-electron chi connectivity index (χ3n) is 3.22. The van der Waals surface area contributed by atoms with E-state index >= 15 is 0 Å². The highest BCUT2D eigenvalue weighted by atomic mass is 32.2. The Morgan fingerprint density at radius 3 is 2.35 bits per heavy atom. The van der Waals surface area contributed by atoms with Crippen LogP contribution in [0.4, 0.5) is 5.82 Å². The van der Waals surface area contributed by atoms with Gasteiger partial charge in [-0.05, 0) is 24.6 Å². The quantitative estimate of drug-likeness (QED) is 0.704. The molecule has 3 aromatic rings. The van der Waals surface area contributed by atoms with Crippen LogP contribution in [0.5, 0.6) is 0 Å². The summed E-state index contributed by atoms with van der Waals surface area (Å²) in [6.45, 7) is 1.79. The van der Waals surface area contributed by atoms with E-state index in [0.717, 1.165) is 10.5 Å². The van der Waals surface area contributed by atoms with Gasteiger partial charge in [0.05, 0.1) is 0 Å². The number of aryl methyl sites for hydroxylation is 1. The molecule has 0 spiro atoms. The zero-order chi connectivity index (χ0) is 16.1. The van der Waals surface area contributed by atoms with Crippen LogP contribution in [0, 0.1) is 6.92 Å². The van der Waals surface area contributed by atoms with Crippen molar-refractivity contribution in [1.29, 1.82) is 0 Å². The fourth-order valence-electron chi connectivity index (χ4n) is 2.15. The number of rotatable bonds is 5. The van der Waals surface area contributed by atoms with Crippen molar-refractivity contribution < 1.29 is 9.32 Å². The maximum absolute atomic E-state index is 12.7. The Labute approximate surface area is 138 Å². The predicted octanol–water partition coefficient (Wildman–Crippen LogP) is 4.46. The van der Waals surface area contributed by atoms with E-state index in [2.05, 4.69) is 10.5 Å². The topological polar surface area (TPSA) is 55.1 Å². The molecule has 4 nitrogen and oxygen atoms in total. The lowest BCUT2D eigenvalue weighted by Gasteiger charge is -2.16. The molecule has 1 N–H and O–H groups in total. The number of thioether (sulfide) groups is 1. The zero-order valence-electron chi connectivity index (χ0n) is 12.6. The molecular weight excluding hydrogens is 308 g/mol. The lowest BCUT2D eigenvalue weighted by molar-refractivity contribution is -0.115. The summed E-state index contributed by atoms with van der Waals surface area (Å²) in [5.41, 5.74) is 0.944. The van der Waals surface area contributed by atoms with Gasteiger partial charge in [0.2, 0.25) is 5.91 Å². The minimum atomic E-state index is -0.365. The number of aromatic nitrogens is 1. The Kier molecular flexibility index (Phi) is 4.78. The Morgan fingerprint density at radius 2 is 1.74 bits per heavy atom. The molecule has 0 aliphatic rings. The second kappa shape index (κ2) is 7.15. The Balaban J connectivity index is 1.84. The Bertz CT molecular complexity index is 772. The minimum absolute atomic E-state index is 0.127. The van der Waals surface area contributed by atoms with Crippen molar-refractivity contribution >= 4 is 23.5 Å². The second-order valence-corrected chi connectivity index (χ2v) is 6.21. The summed E-state index contributed by atoms with van der Waals surface area (Å²) in [7, 11) is 0. The van der Waals surface area contributed by atoms with Crippen LogP contribution in [0.3, 0.4) is 0 Å². The van der Waals surface area contributed by atoms with Gasteiger partial charge in [-0.3, -0.25) is 4.79 Å². The molecule has 5 heteroatoms. The summed E-state index contributed by atoms with van der Waals surface area (Å²) in [6.07, 6.45) is 0. The van der Waals surface area contributed by atoms with Crippen LogP contribution in [0.1, 0.15) is 16.6 Å². The lowest BCUT2D eigenvalue weighted by atomic mass is 10.1. The summed E-state index contributed by atoms with van der Waals surface area (Å²) in [4.78, 5) is 13.7. The summed E-state index contributed by atoms with van der Waals surface area (Å²) in [6, 6.07) is 21.3. The number of carbonyl (C=O) groups excluding carboxylic acids is 1. The molecule has 0 fully saturated rings. The molecule has 0 radical (unpaired) electrons. The van der Waals surface area contributed by atoms with Gasteiger partial charge in [-0.15, -0.1) is 11.8 Å². The number of hydrogen-bond donors (Lipinski definition) is 1. The van der Waals surface area contributed by atoms with E-state index in [1.54, 1.807) is 13.0 Å². The third kappa shape index (κ3) is 4.02. The highest BCUT2D eigenvalue weighted by molar-refractivity contribution is 8.00. The Morgan fingerprint density at radius 1 is 1.09 bits per heavy atom. The average Bonchev–Trinajstić information content (AvgIpc) is 2.99. The van der Waals surface area contributed by atoms with E-state index in [4.69, 9.17) is 4.52 Å². The molecule has 116 valence electrons. The summed E-state index contributed by atoms with van der Waals surface area (Å²) < 4.78 is 5.00. The second-order valence-electron chi connectivity index (χ2n) is 5.03. The van der Waals surface area contributed by atoms with E-state index in [1.165, 1.54) is 11.8 Å². The van der Waals surface area contributed by atoms with Gasteiger partial charge in [0.1, 0.15) is 11.0 Å². The van der Waals surface area contributed by atoms with Crippen molar-refractivity contribution in [2.45, 2.75) is 17.1 Å². The van der Waals surface area contributed by atoms with Crippen molar-refractivity contribution in [1.82, 2.24) is 5.16 Å². The van der Waals surface area contributed by atoms with Crippen LogP contribution >= 0.6 is 11.8 Å². The van der Waals surface area contributed by atoms with Crippen LogP contribution in [0.15, 0.2) is 76.1 Å². The molecule has 1 amide bonds. The molecule has 0 aliphatic carbocycles. The summed E-state index contributed by atoms with van der Waals surface area (Å²) in [5, 5.41) is 6.27. The largest absolute Gasteiger partial charge is 0.360 e. The van der Waals surface area contributed by atoms with Crippen molar-refractivity contribution in [3.63, 3.8) is 0 Å². The first-order chi connectivity index (χ1) is 11.2. The predicted molar refractivity (Wildman–Crippen MR) is 91.4 cm³/mol. The summed E-state index contributed by atoms with van der Waals surface area (Å²) in [5.74, 6) is 0.965. The molecule has 2 aromatic carbocycles. The number of anilines is 1. The van der Waals surface area contributed by atoms with Gasteiger partial charge >= 0.3 is 0 Å². The first kappa shape index (κ1) is 15.4. The van der Waals surface area contributed by atoms with Crippen LogP contribution in [0.2, 0.25) is 0 Å². The van der Waals surface area contributed by atoms with E-state index < -0.39 is 0 Å². The molecule has 0 unspecified atom stereocenters. The molecule has 23 heavy (non-hydrogen) atoms. The van der Waals surface area contributed by atoms with Crippen LogP contribution in [0.25, 0.3) is 0 Å². The van der Waals surface area contributed by atoms with Gasteiger partial charge in [0.15, 0.2) is 5.82 Å². The van der Waals surface area contributed by atoms with Crippen LogP contribution < -0.4 is 5.32 Å². The van der Waals surface area contributed by atoms with Crippen LogP contribution in [-0.4, -0.2) is 11.1 Å². The first-order valence-electron chi connectivity index (χ1n) is 7.23. The highest BCUT2D eigenvalue weighted by Crippen LogP contribution is 2.36. The number of nitrogens with one attached hydrogen (secondary N) is 1. The smallest absolute Gasteiger partial charge is 0.243 e. The van der Waals surface area contributed by atoms with Crippen molar-refractivity contribution in [2.24, 2.45) is 0 Å². The molecule has 3 rings (SSSR count). The Hall–Kier alpha value is -2.53. The van der Waals surface area contributed by atoms with Gasteiger partial charge in [0, 0.05) is 11.0 Å². The van der Waals surface area contributed by atoms with Crippen molar-refractivity contribution in [3.8, 4) is 0 Å². The molecule has 0 bridgehead atoms. The van der Waals surface area contributed by atoms with E-state index in [0.29, 0.717) is 11.6 Å². The summed E-state index contributed by atoms with van der Waals surface area (Å²) >= 11 is 1.51. The van der Waals surface area contributed by atoms with Gasteiger partial charge in [0.25, 0.3) is 0 Å². The standard InChI is InChI=1S/C18H16N2O2S/c1-13-12-16(20-22-13)19-18(21)17(14-8-4-2-5-9-14)23-15-10-6-3-7-11-15/h2-12,17H,1H3,(H,19,20,21)/t17-/m1/s1. The van der Waals surface area contributed by atoms with E-state index in [-0.39, 0.29) is 11.2 Å².